The molecule has 11 nitrogen and oxygen atoms in total. The van der Waals surface area contributed by atoms with Gasteiger partial charge in [0.15, 0.2) is 17.2 Å². The van der Waals surface area contributed by atoms with Crippen LogP contribution in [-0.2, 0) is 10.0 Å². The van der Waals surface area contributed by atoms with Gasteiger partial charge in [-0.1, -0.05) is 6.07 Å². The van der Waals surface area contributed by atoms with Gasteiger partial charge in [-0.15, -0.1) is 11.3 Å². The molecule has 2 heterocycles. The van der Waals surface area contributed by atoms with E-state index in [4.69, 9.17) is 19.3 Å². The molecule has 2 aromatic carbocycles. The number of benzene rings is 2. The normalized spacial score (nSPS) is 11.5. The molecule has 0 saturated carbocycles. The van der Waals surface area contributed by atoms with Crippen molar-refractivity contribution in [2.45, 2.75) is 4.90 Å². The van der Waals surface area contributed by atoms with E-state index in [0.29, 0.717) is 34.2 Å². The summed E-state index contributed by atoms with van der Waals surface area (Å²) in [7, 11) is 0.656. The number of nitrogens with zero attached hydrogens (tertiary/aromatic N) is 3. The number of thiophene rings is 1. The van der Waals surface area contributed by atoms with Crippen LogP contribution >= 0.6 is 11.3 Å². The van der Waals surface area contributed by atoms with Gasteiger partial charge in [-0.2, -0.15) is 10.2 Å². The molecule has 4 rings (SSSR count). The Morgan fingerprint density at radius 3 is 2.38 bits per heavy atom. The van der Waals surface area contributed by atoms with Crippen LogP contribution in [0.25, 0.3) is 16.3 Å². The van der Waals surface area contributed by atoms with E-state index >= 15 is 0 Å². The average molecular weight is 542 g/mol. The summed E-state index contributed by atoms with van der Waals surface area (Å²) in [5, 5.41) is 15.6. The highest BCUT2D eigenvalue weighted by Crippen LogP contribution is 2.39. The minimum Gasteiger partial charge on any atom is -0.493 e. The minimum absolute atomic E-state index is 0.0287. The number of hydrazone groups is 1. The number of nitrogens with one attached hydrogen (secondary N) is 1. The molecule has 0 radical (unpaired) electrons. The van der Waals surface area contributed by atoms with Gasteiger partial charge in [0, 0.05) is 5.56 Å². The Morgan fingerprint density at radius 1 is 1.05 bits per heavy atom. The van der Waals surface area contributed by atoms with Crippen LogP contribution in [0, 0.1) is 0 Å². The van der Waals surface area contributed by atoms with Crippen LogP contribution in [0.3, 0.4) is 0 Å². The molecule has 13 heteroatoms. The first-order valence-electron chi connectivity index (χ1n) is 10.7. The maximum atomic E-state index is 12.9. The van der Waals surface area contributed by atoms with E-state index in [0.717, 1.165) is 4.88 Å². The molecule has 3 N–H and O–H groups in total. The molecule has 0 unspecified atom stereocenters. The summed E-state index contributed by atoms with van der Waals surface area (Å²) in [6.07, 6.45) is 1.42. The van der Waals surface area contributed by atoms with Crippen LogP contribution in [0.2, 0.25) is 0 Å². The van der Waals surface area contributed by atoms with Crippen LogP contribution in [0.4, 0.5) is 0 Å². The smallest absolute Gasteiger partial charge is 0.291 e. The molecule has 0 saturated heterocycles. The fourth-order valence-corrected chi connectivity index (χ4v) is 4.75. The van der Waals surface area contributed by atoms with Crippen molar-refractivity contribution in [2.75, 3.05) is 21.3 Å². The van der Waals surface area contributed by atoms with E-state index in [2.05, 4.69) is 15.6 Å². The van der Waals surface area contributed by atoms with Gasteiger partial charge in [0.2, 0.25) is 15.8 Å². The maximum absolute atomic E-state index is 12.9. The van der Waals surface area contributed by atoms with Crippen LogP contribution < -0.4 is 24.8 Å². The molecule has 1 amide bonds. The van der Waals surface area contributed by atoms with E-state index in [-0.39, 0.29) is 10.6 Å². The van der Waals surface area contributed by atoms with Crippen molar-refractivity contribution in [3.05, 3.63) is 71.2 Å². The SMILES string of the molecule is COc1ccc(/C=N\NC(=O)c2cc(-c3cccs3)n(-c3ccc(S(N)(=O)=O)cc3)n2)c(OC)c1OC. The summed E-state index contributed by atoms with van der Waals surface area (Å²) in [4.78, 5) is 13.7. The third kappa shape index (κ3) is 5.48. The van der Waals surface area contributed by atoms with Crippen molar-refractivity contribution in [3.8, 4) is 33.5 Å². The Balaban J connectivity index is 1.62. The number of ether oxygens (including phenoxy) is 3. The Bertz CT molecular complexity index is 1550. The molecule has 0 aliphatic carbocycles. The Kier molecular flexibility index (Phi) is 7.57. The number of hydrogen-bond donors (Lipinski definition) is 2. The third-order valence-corrected chi connectivity index (χ3v) is 7.05. The molecule has 0 spiro atoms. The number of primary sulfonamides is 1. The first kappa shape index (κ1) is 25.9. The number of rotatable bonds is 9. The molecule has 4 aromatic rings. The summed E-state index contributed by atoms with van der Waals surface area (Å²) in [5.74, 6) is 0.734. The van der Waals surface area contributed by atoms with Gasteiger partial charge in [0.05, 0.1) is 48.7 Å². The Hall–Kier alpha value is -4.20. The van der Waals surface area contributed by atoms with Crippen molar-refractivity contribution in [3.63, 3.8) is 0 Å². The summed E-state index contributed by atoms with van der Waals surface area (Å²) >= 11 is 1.47. The summed E-state index contributed by atoms with van der Waals surface area (Å²) in [6.45, 7) is 0. The molecule has 37 heavy (non-hydrogen) atoms. The van der Waals surface area contributed by atoms with Crippen LogP contribution in [-0.4, -0.2) is 51.6 Å². The van der Waals surface area contributed by atoms with Crippen molar-refractivity contribution in [1.82, 2.24) is 15.2 Å². The fourth-order valence-electron chi connectivity index (χ4n) is 3.51. The van der Waals surface area contributed by atoms with Gasteiger partial charge >= 0.3 is 0 Å². The first-order chi connectivity index (χ1) is 17.8. The number of amides is 1. The Morgan fingerprint density at radius 2 is 1.78 bits per heavy atom. The minimum atomic E-state index is -3.84. The molecular weight excluding hydrogens is 518 g/mol. The number of aromatic nitrogens is 2. The van der Waals surface area contributed by atoms with Gasteiger partial charge in [0.25, 0.3) is 5.91 Å². The number of sulfonamides is 1. The number of carbonyl (C=O) groups excluding carboxylic acids is 1. The second kappa shape index (κ2) is 10.8. The molecule has 0 aliphatic rings. The fraction of sp³-hybridized carbons (Fsp3) is 0.125. The van der Waals surface area contributed by atoms with Gasteiger partial charge < -0.3 is 14.2 Å². The molecule has 192 valence electrons. The summed E-state index contributed by atoms with van der Waals surface area (Å²) < 4.78 is 40.8. The lowest BCUT2D eigenvalue weighted by atomic mass is 10.2. The Labute approximate surface area is 217 Å². The molecule has 2 aromatic heterocycles. The highest BCUT2D eigenvalue weighted by Gasteiger charge is 2.19. The molecule has 0 bridgehead atoms. The lowest BCUT2D eigenvalue weighted by Crippen LogP contribution is -2.18. The predicted molar refractivity (Wildman–Crippen MR) is 139 cm³/mol. The lowest BCUT2D eigenvalue weighted by Gasteiger charge is -2.13. The largest absolute Gasteiger partial charge is 0.493 e. The molecule has 0 atom stereocenters. The second-order valence-corrected chi connectivity index (χ2v) is 9.97. The zero-order valence-corrected chi connectivity index (χ0v) is 21.7. The van der Waals surface area contributed by atoms with Gasteiger partial charge in [0.1, 0.15) is 0 Å². The topological polar surface area (TPSA) is 147 Å². The van der Waals surface area contributed by atoms with E-state index in [1.807, 2.05) is 17.5 Å². The standard InChI is InChI=1S/C24H23N5O6S2/c1-33-20-11-6-15(22(34-2)23(20)35-3)14-26-27-24(30)18-13-19(21-5-4-12-36-21)29(28-18)16-7-9-17(10-8-16)37(25,31)32/h4-14H,1-3H3,(H,27,30)(H2,25,31,32)/b26-14-. The van der Waals surface area contributed by atoms with Gasteiger partial charge in [-0.05, 0) is 53.9 Å². The van der Waals surface area contributed by atoms with Crippen molar-refractivity contribution < 1.29 is 27.4 Å². The monoisotopic (exact) mass is 541 g/mol. The van der Waals surface area contributed by atoms with Crippen LogP contribution in [0.5, 0.6) is 17.2 Å². The molecule has 0 aliphatic heterocycles. The van der Waals surface area contributed by atoms with Crippen molar-refractivity contribution >= 4 is 33.5 Å². The zero-order chi connectivity index (χ0) is 26.6. The van der Waals surface area contributed by atoms with Gasteiger partial charge in [-0.3, -0.25) is 4.79 Å². The zero-order valence-electron chi connectivity index (χ0n) is 20.0. The van der Waals surface area contributed by atoms with Gasteiger partial charge in [-0.25, -0.2) is 23.7 Å². The van der Waals surface area contributed by atoms with E-state index in [9.17, 15) is 13.2 Å². The summed E-state index contributed by atoms with van der Waals surface area (Å²) in [5.41, 5.74) is 4.33. The summed E-state index contributed by atoms with van der Waals surface area (Å²) in [6, 6.07) is 14.7. The average Bonchev–Trinajstić information content (AvgIpc) is 3.58. The lowest BCUT2D eigenvalue weighted by molar-refractivity contribution is 0.0949. The molecular formula is C24H23N5O6S2. The highest BCUT2D eigenvalue weighted by atomic mass is 32.2. The van der Waals surface area contributed by atoms with E-state index in [1.54, 1.807) is 35.0 Å². The number of nitrogens with two attached hydrogens (primary N) is 1. The van der Waals surface area contributed by atoms with E-state index in [1.165, 1.54) is 51.0 Å². The van der Waals surface area contributed by atoms with E-state index < -0.39 is 15.9 Å². The van der Waals surface area contributed by atoms with Crippen molar-refractivity contribution in [1.29, 1.82) is 0 Å². The molecule has 0 fully saturated rings. The third-order valence-electron chi connectivity index (χ3n) is 5.23. The number of hydrogen-bond acceptors (Lipinski definition) is 9. The number of methoxy groups -OCH3 is 3. The maximum Gasteiger partial charge on any atom is 0.291 e. The second-order valence-electron chi connectivity index (χ2n) is 7.47. The van der Waals surface area contributed by atoms with Crippen LogP contribution in [0.1, 0.15) is 16.1 Å². The van der Waals surface area contributed by atoms with Crippen LogP contribution in [0.15, 0.2) is 70.0 Å². The first-order valence-corrected chi connectivity index (χ1v) is 13.1. The highest BCUT2D eigenvalue weighted by molar-refractivity contribution is 7.89. The van der Waals surface area contributed by atoms with Crippen molar-refractivity contribution in [2.24, 2.45) is 10.2 Å². The quantitative estimate of drug-likeness (QED) is 0.244. The predicted octanol–water partition coefficient (Wildman–Crippen LogP) is 3.04. The number of carbonyl (C=O) groups is 1.